The van der Waals surface area contributed by atoms with E-state index in [0.29, 0.717) is 19.7 Å². The average molecular weight is 202 g/mol. The summed E-state index contributed by atoms with van der Waals surface area (Å²) >= 11 is 0. The molecule has 1 aliphatic heterocycles. The summed E-state index contributed by atoms with van der Waals surface area (Å²) in [5.74, 6) is 0. The second-order valence-electron chi connectivity index (χ2n) is 3.81. The molecule has 0 aliphatic carbocycles. The number of ether oxygens (including phenoxy) is 1. The molecule has 1 unspecified atom stereocenters. The van der Waals surface area contributed by atoms with Gasteiger partial charge in [0.05, 0.1) is 12.7 Å². The van der Waals surface area contributed by atoms with Crippen molar-refractivity contribution in [3.8, 4) is 0 Å². The number of rotatable bonds is 2. The number of hydrogen-bond donors (Lipinski definition) is 1. The van der Waals surface area contributed by atoms with Gasteiger partial charge < -0.3 is 9.84 Å². The number of morpholine rings is 1. The van der Waals surface area contributed by atoms with Crippen molar-refractivity contribution >= 4 is 6.09 Å². The Balaban J connectivity index is 2.63. The fourth-order valence-corrected chi connectivity index (χ4v) is 1.66. The summed E-state index contributed by atoms with van der Waals surface area (Å²) in [5, 5.41) is 12.2. The molecule has 0 radical (unpaired) electrons. The molecule has 14 heavy (non-hydrogen) atoms. The van der Waals surface area contributed by atoms with Crippen molar-refractivity contribution in [3.05, 3.63) is 0 Å². The van der Waals surface area contributed by atoms with Gasteiger partial charge in [0.1, 0.15) is 0 Å². The third-order valence-electron chi connectivity index (χ3n) is 2.21. The van der Waals surface area contributed by atoms with Crippen LogP contribution in [0.1, 0.15) is 20.8 Å². The summed E-state index contributed by atoms with van der Waals surface area (Å²) in [5.41, 5.74) is 0. The van der Waals surface area contributed by atoms with E-state index in [-0.39, 0.29) is 12.1 Å². The third-order valence-corrected chi connectivity index (χ3v) is 2.21. The SMILES string of the molecule is CC1CN(N(C(=O)O)C(C)C)CCO1. The van der Waals surface area contributed by atoms with Gasteiger partial charge in [-0.2, -0.15) is 0 Å². The van der Waals surface area contributed by atoms with Gasteiger partial charge in [0, 0.05) is 19.1 Å². The molecule has 1 heterocycles. The maximum Gasteiger partial charge on any atom is 0.422 e. The highest BCUT2D eigenvalue weighted by Gasteiger charge is 2.27. The van der Waals surface area contributed by atoms with E-state index in [4.69, 9.17) is 9.84 Å². The van der Waals surface area contributed by atoms with Crippen LogP contribution in [0.25, 0.3) is 0 Å². The lowest BCUT2D eigenvalue weighted by atomic mass is 10.3. The van der Waals surface area contributed by atoms with Crippen LogP contribution in [-0.4, -0.2) is 53.1 Å². The Kier molecular flexibility index (Phi) is 3.71. The van der Waals surface area contributed by atoms with Crippen LogP contribution >= 0.6 is 0 Å². The second kappa shape index (κ2) is 4.61. The summed E-state index contributed by atoms with van der Waals surface area (Å²) in [4.78, 5) is 11.0. The molecule has 82 valence electrons. The normalized spacial score (nSPS) is 23.9. The zero-order valence-electron chi connectivity index (χ0n) is 8.93. The van der Waals surface area contributed by atoms with E-state index in [1.807, 2.05) is 25.8 Å². The lowest BCUT2D eigenvalue weighted by Crippen LogP contribution is -2.55. The van der Waals surface area contributed by atoms with Gasteiger partial charge in [0.25, 0.3) is 0 Å². The molecule has 1 aliphatic rings. The molecular formula is C9H18N2O3. The number of hydrazine groups is 1. The molecule has 0 spiro atoms. The first-order chi connectivity index (χ1) is 6.52. The Bertz CT molecular complexity index is 208. The molecule has 1 atom stereocenters. The van der Waals surface area contributed by atoms with E-state index in [0.717, 1.165) is 0 Å². The Morgan fingerprint density at radius 2 is 2.29 bits per heavy atom. The highest BCUT2D eigenvalue weighted by atomic mass is 16.5. The van der Waals surface area contributed by atoms with Crippen LogP contribution in [0, 0.1) is 0 Å². The average Bonchev–Trinajstić information content (AvgIpc) is 2.02. The molecule has 5 nitrogen and oxygen atoms in total. The highest BCUT2D eigenvalue weighted by Crippen LogP contribution is 2.11. The molecule has 5 heteroatoms. The highest BCUT2D eigenvalue weighted by molar-refractivity contribution is 5.64. The Morgan fingerprint density at radius 1 is 1.64 bits per heavy atom. The van der Waals surface area contributed by atoms with Crippen molar-refractivity contribution in [2.75, 3.05) is 19.7 Å². The van der Waals surface area contributed by atoms with Crippen LogP contribution in [0.5, 0.6) is 0 Å². The maximum absolute atomic E-state index is 11.0. The van der Waals surface area contributed by atoms with Crippen molar-refractivity contribution in [3.63, 3.8) is 0 Å². The van der Waals surface area contributed by atoms with Gasteiger partial charge in [-0.1, -0.05) is 0 Å². The first-order valence-electron chi connectivity index (χ1n) is 4.91. The summed E-state index contributed by atoms with van der Waals surface area (Å²) in [6, 6.07) is -0.0298. The van der Waals surface area contributed by atoms with Crippen molar-refractivity contribution in [1.29, 1.82) is 0 Å². The molecule has 0 aromatic heterocycles. The maximum atomic E-state index is 11.0. The number of amides is 1. The zero-order valence-corrected chi connectivity index (χ0v) is 8.93. The Labute approximate surface area is 84.2 Å². The summed E-state index contributed by atoms with van der Waals surface area (Å²) in [6.07, 6.45) is -0.793. The smallest absolute Gasteiger partial charge is 0.422 e. The molecule has 0 aromatic rings. The van der Waals surface area contributed by atoms with Gasteiger partial charge in [-0.15, -0.1) is 0 Å². The van der Waals surface area contributed by atoms with Crippen LogP contribution in [0.3, 0.4) is 0 Å². The first-order valence-corrected chi connectivity index (χ1v) is 4.91. The first kappa shape index (κ1) is 11.3. The van der Waals surface area contributed by atoms with Crippen LogP contribution in [0.2, 0.25) is 0 Å². The molecule has 1 saturated heterocycles. The minimum Gasteiger partial charge on any atom is -0.464 e. The zero-order chi connectivity index (χ0) is 10.7. The standard InChI is InChI=1S/C9H18N2O3/c1-7(2)11(9(12)13)10-4-5-14-8(3)6-10/h7-8H,4-6H2,1-3H3,(H,12,13). The molecule has 0 saturated carbocycles. The van der Waals surface area contributed by atoms with Crippen LogP contribution in [0.15, 0.2) is 0 Å². The van der Waals surface area contributed by atoms with Crippen LogP contribution in [-0.2, 0) is 4.74 Å². The van der Waals surface area contributed by atoms with Crippen LogP contribution < -0.4 is 0 Å². The van der Waals surface area contributed by atoms with Gasteiger partial charge in [0.15, 0.2) is 0 Å². The fraction of sp³-hybridized carbons (Fsp3) is 0.889. The minimum absolute atomic E-state index is 0.0298. The summed E-state index contributed by atoms with van der Waals surface area (Å²) in [7, 11) is 0. The predicted octanol–water partition coefficient (Wildman–Crippen LogP) is 1.01. The molecule has 1 amide bonds. The van der Waals surface area contributed by atoms with Gasteiger partial charge in [-0.3, -0.25) is 0 Å². The molecule has 0 bridgehead atoms. The van der Waals surface area contributed by atoms with Gasteiger partial charge in [-0.25, -0.2) is 14.8 Å². The lowest BCUT2D eigenvalue weighted by molar-refractivity contribution is -0.113. The van der Waals surface area contributed by atoms with E-state index in [9.17, 15) is 4.79 Å². The van der Waals surface area contributed by atoms with Crippen molar-refractivity contribution in [1.82, 2.24) is 10.0 Å². The quantitative estimate of drug-likeness (QED) is 0.726. The molecule has 1 rings (SSSR count). The second-order valence-corrected chi connectivity index (χ2v) is 3.81. The number of carbonyl (C=O) groups is 1. The monoisotopic (exact) mass is 202 g/mol. The van der Waals surface area contributed by atoms with Crippen molar-refractivity contribution < 1.29 is 14.6 Å². The lowest BCUT2D eigenvalue weighted by Gasteiger charge is -2.39. The molecule has 1 fully saturated rings. The van der Waals surface area contributed by atoms with Gasteiger partial charge in [-0.05, 0) is 20.8 Å². The van der Waals surface area contributed by atoms with E-state index in [1.165, 1.54) is 5.01 Å². The summed E-state index contributed by atoms with van der Waals surface area (Å²) in [6.45, 7) is 7.58. The van der Waals surface area contributed by atoms with E-state index < -0.39 is 6.09 Å². The minimum atomic E-state index is -0.894. The third kappa shape index (κ3) is 2.59. The Hall–Kier alpha value is -0.810. The van der Waals surface area contributed by atoms with Gasteiger partial charge in [0.2, 0.25) is 0 Å². The van der Waals surface area contributed by atoms with E-state index in [1.54, 1.807) is 0 Å². The molecule has 0 aromatic carbocycles. The van der Waals surface area contributed by atoms with Crippen LogP contribution in [0.4, 0.5) is 4.79 Å². The number of nitrogens with zero attached hydrogens (tertiary/aromatic N) is 2. The topological polar surface area (TPSA) is 53.0 Å². The Morgan fingerprint density at radius 3 is 2.71 bits per heavy atom. The number of carboxylic acid groups (broad SMARTS) is 1. The summed E-state index contributed by atoms with van der Waals surface area (Å²) < 4.78 is 5.36. The number of hydrogen-bond acceptors (Lipinski definition) is 3. The predicted molar refractivity (Wildman–Crippen MR) is 52.0 cm³/mol. The van der Waals surface area contributed by atoms with E-state index >= 15 is 0 Å². The fourth-order valence-electron chi connectivity index (χ4n) is 1.66. The largest absolute Gasteiger partial charge is 0.464 e. The van der Waals surface area contributed by atoms with E-state index in [2.05, 4.69) is 0 Å². The van der Waals surface area contributed by atoms with Crippen molar-refractivity contribution in [2.45, 2.75) is 32.9 Å². The molecular weight excluding hydrogens is 184 g/mol. The van der Waals surface area contributed by atoms with Crippen molar-refractivity contribution in [2.24, 2.45) is 0 Å². The van der Waals surface area contributed by atoms with Gasteiger partial charge >= 0.3 is 6.09 Å². The molecule has 1 N–H and O–H groups in total.